The van der Waals surface area contributed by atoms with Gasteiger partial charge < -0.3 is 14.6 Å². The van der Waals surface area contributed by atoms with Crippen molar-refractivity contribution < 1.29 is 19.9 Å². The largest absolute Gasteiger partial charge is 0.354 e. The third kappa shape index (κ3) is 12.5. The number of carbonyl (C=O) groups is 1. The minimum atomic E-state index is -0.726. The average Bonchev–Trinajstić information content (AvgIpc) is 2.88. The highest BCUT2D eigenvalue weighted by Crippen LogP contribution is 2.15. The van der Waals surface area contributed by atoms with Gasteiger partial charge in [-0.3, -0.25) is 10.0 Å². The van der Waals surface area contributed by atoms with Gasteiger partial charge in [-0.25, -0.2) is 10.0 Å². The van der Waals surface area contributed by atoms with E-state index in [0.29, 0.717) is 12.1 Å². The third-order valence-electron chi connectivity index (χ3n) is 6.77. The quantitative estimate of drug-likeness (QED) is 0.121. The highest BCUT2D eigenvalue weighted by molar-refractivity contribution is 5.93. The van der Waals surface area contributed by atoms with Gasteiger partial charge in [0.05, 0.1) is 12.2 Å². The van der Waals surface area contributed by atoms with Gasteiger partial charge in [0, 0.05) is 38.9 Å². The summed E-state index contributed by atoms with van der Waals surface area (Å²) in [5.41, 5.74) is 0.416. The van der Waals surface area contributed by atoms with E-state index < -0.39 is 11.0 Å². The van der Waals surface area contributed by atoms with Gasteiger partial charge in [-0.2, -0.15) is 0 Å². The number of hydrogen-bond acceptors (Lipinski definition) is 8. The van der Waals surface area contributed by atoms with E-state index in [1.165, 1.54) is 44.9 Å². The molecule has 204 valence electrons. The number of carbonyl (C=O) groups excluding carboxylic acids is 1. The van der Waals surface area contributed by atoms with Crippen LogP contribution in [0.1, 0.15) is 93.8 Å². The summed E-state index contributed by atoms with van der Waals surface area (Å²) in [4.78, 5) is 35.7. The van der Waals surface area contributed by atoms with Gasteiger partial charge in [0.1, 0.15) is 5.82 Å². The van der Waals surface area contributed by atoms with Gasteiger partial charge in [0.2, 0.25) is 0 Å². The van der Waals surface area contributed by atoms with Crippen molar-refractivity contribution in [2.24, 2.45) is 0 Å². The molecule has 0 atom stereocenters. The Balaban J connectivity index is 1.42. The van der Waals surface area contributed by atoms with Gasteiger partial charge >= 0.3 is 0 Å². The molecule has 1 aliphatic rings. The monoisotopic (exact) mass is 507 g/mol. The maximum atomic E-state index is 12.5. The summed E-state index contributed by atoms with van der Waals surface area (Å²) >= 11 is 0. The molecule has 1 saturated heterocycles. The molecule has 0 spiro atoms. The average molecular weight is 508 g/mol. The summed E-state index contributed by atoms with van der Waals surface area (Å²) in [6.45, 7) is 4.41. The summed E-state index contributed by atoms with van der Waals surface area (Å²) in [6.07, 6.45) is 15.9. The third-order valence-corrected chi connectivity index (χ3v) is 6.77. The second-order valence-electron chi connectivity index (χ2n) is 9.78. The Morgan fingerprint density at radius 3 is 1.97 bits per heavy atom. The minimum Gasteiger partial charge on any atom is -0.354 e. The van der Waals surface area contributed by atoms with Crippen LogP contribution in [-0.2, 0) is 4.84 Å². The van der Waals surface area contributed by atoms with Gasteiger partial charge in [-0.15, -0.1) is 10.1 Å². The standard InChI is InChI=1S/C26H45N5O5/c1-28-18-20-29(21-19-28)25-16-15-24(23-27-25)26(32)30(33)17-13-11-9-7-5-3-2-4-6-8-10-12-14-22-36-31(34)35/h15-16,23,33H,2-14,17-22H2,1H3. The van der Waals surface area contributed by atoms with Crippen LogP contribution in [0.15, 0.2) is 18.3 Å². The number of anilines is 1. The van der Waals surface area contributed by atoms with Gasteiger partial charge in [-0.1, -0.05) is 70.6 Å². The molecule has 0 radical (unpaired) electrons. The molecule has 10 nitrogen and oxygen atoms in total. The second-order valence-corrected chi connectivity index (χ2v) is 9.78. The predicted molar refractivity (Wildman–Crippen MR) is 140 cm³/mol. The molecule has 1 aromatic heterocycles. The Morgan fingerprint density at radius 1 is 0.944 bits per heavy atom. The molecular formula is C26H45N5O5. The Hall–Kier alpha value is -2.46. The van der Waals surface area contributed by atoms with Crippen molar-refractivity contribution in [2.45, 2.75) is 83.5 Å². The molecule has 0 saturated carbocycles. The fraction of sp³-hybridized carbons (Fsp3) is 0.769. The van der Waals surface area contributed by atoms with Crippen molar-refractivity contribution in [3.63, 3.8) is 0 Å². The lowest BCUT2D eigenvalue weighted by atomic mass is 10.0. The predicted octanol–water partition coefficient (Wildman–Crippen LogP) is 4.94. The van der Waals surface area contributed by atoms with Crippen molar-refractivity contribution in [1.82, 2.24) is 14.9 Å². The molecule has 10 heteroatoms. The zero-order valence-corrected chi connectivity index (χ0v) is 22.0. The molecule has 2 rings (SSSR count). The van der Waals surface area contributed by atoms with E-state index in [4.69, 9.17) is 0 Å². The van der Waals surface area contributed by atoms with Crippen LogP contribution in [0.2, 0.25) is 0 Å². The molecule has 1 aliphatic heterocycles. The molecule has 1 aromatic rings. The van der Waals surface area contributed by atoms with Crippen molar-refractivity contribution in [2.75, 3.05) is 51.3 Å². The molecule has 1 amide bonds. The number of hydroxylamine groups is 2. The maximum absolute atomic E-state index is 12.5. The fourth-order valence-electron chi connectivity index (χ4n) is 4.43. The molecule has 0 unspecified atom stereocenters. The van der Waals surface area contributed by atoms with Crippen LogP contribution in [0.3, 0.4) is 0 Å². The van der Waals surface area contributed by atoms with E-state index in [1.54, 1.807) is 12.3 Å². The first-order valence-electron chi connectivity index (χ1n) is 13.6. The molecular weight excluding hydrogens is 462 g/mol. The topological polar surface area (TPSA) is 112 Å². The fourth-order valence-corrected chi connectivity index (χ4v) is 4.43. The van der Waals surface area contributed by atoms with Crippen LogP contribution >= 0.6 is 0 Å². The van der Waals surface area contributed by atoms with E-state index in [1.807, 2.05) is 6.07 Å². The van der Waals surface area contributed by atoms with E-state index in [-0.39, 0.29) is 6.61 Å². The molecule has 0 aliphatic carbocycles. The lowest BCUT2D eigenvalue weighted by Gasteiger charge is -2.33. The highest BCUT2D eigenvalue weighted by atomic mass is 16.9. The van der Waals surface area contributed by atoms with Gasteiger partial charge in [0.15, 0.2) is 0 Å². The Labute approximate surface area is 215 Å². The smallest absolute Gasteiger partial charge is 0.294 e. The van der Waals surface area contributed by atoms with Crippen LogP contribution in [0.4, 0.5) is 5.82 Å². The Morgan fingerprint density at radius 2 is 1.47 bits per heavy atom. The normalized spacial score (nSPS) is 14.1. The van der Waals surface area contributed by atoms with E-state index in [2.05, 4.69) is 26.7 Å². The van der Waals surface area contributed by atoms with Crippen LogP contribution in [0.5, 0.6) is 0 Å². The molecule has 1 fully saturated rings. The number of amides is 1. The summed E-state index contributed by atoms with van der Waals surface area (Å²) in [5, 5.41) is 20.3. The first-order valence-corrected chi connectivity index (χ1v) is 13.6. The number of nitrogens with zero attached hydrogens (tertiary/aromatic N) is 5. The summed E-state index contributed by atoms with van der Waals surface area (Å²) in [6, 6.07) is 3.62. The number of rotatable bonds is 19. The first-order chi connectivity index (χ1) is 17.5. The summed E-state index contributed by atoms with van der Waals surface area (Å²) < 4.78 is 0. The first kappa shape index (κ1) is 29.8. The van der Waals surface area contributed by atoms with Crippen LogP contribution in [0.25, 0.3) is 0 Å². The SMILES string of the molecule is CN1CCN(c2ccc(C(=O)N(O)CCCCCCCCCCCCCCCO[N+](=O)[O-])cn2)CC1. The molecule has 0 bridgehead atoms. The van der Waals surface area contributed by atoms with Crippen LogP contribution in [-0.4, -0.2) is 77.5 Å². The number of aromatic nitrogens is 1. The summed E-state index contributed by atoms with van der Waals surface area (Å²) in [7, 11) is 2.11. The second kappa shape index (κ2) is 17.9. The highest BCUT2D eigenvalue weighted by Gasteiger charge is 2.17. The van der Waals surface area contributed by atoms with Crippen molar-refractivity contribution in [1.29, 1.82) is 0 Å². The lowest BCUT2D eigenvalue weighted by Crippen LogP contribution is -2.44. The van der Waals surface area contributed by atoms with Gasteiger partial charge in [0.25, 0.3) is 11.0 Å². The van der Waals surface area contributed by atoms with Crippen molar-refractivity contribution in [3.8, 4) is 0 Å². The number of pyridine rings is 1. The zero-order valence-electron chi connectivity index (χ0n) is 22.0. The Kier molecular flexibility index (Phi) is 14.8. The maximum Gasteiger partial charge on any atom is 0.294 e. The molecule has 2 heterocycles. The number of likely N-dealkylation sites (N-methyl/N-ethyl adjacent to an activating group) is 1. The number of hydrogen-bond donors (Lipinski definition) is 1. The van der Waals surface area contributed by atoms with Crippen molar-refractivity contribution in [3.05, 3.63) is 34.0 Å². The van der Waals surface area contributed by atoms with E-state index in [9.17, 15) is 20.1 Å². The Bertz CT molecular complexity index is 741. The zero-order chi connectivity index (χ0) is 26.0. The number of unbranched alkanes of at least 4 members (excludes halogenated alkanes) is 12. The minimum absolute atomic E-state index is 0.211. The molecule has 1 N–H and O–H groups in total. The van der Waals surface area contributed by atoms with Crippen LogP contribution in [0, 0.1) is 10.1 Å². The number of piperazine rings is 1. The van der Waals surface area contributed by atoms with Gasteiger partial charge in [-0.05, 0) is 32.0 Å². The molecule has 36 heavy (non-hydrogen) atoms. The van der Waals surface area contributed by atoms with E-state index in [0.717, 1.165) is 75.6 Å². The van der Waals surface area contributed by atoms with Crippen LogP contribution < -0.4 is 4.90 Å². The lowest BCUT2D eigenvalue weighted by molar-refractivity contribution is -0.757. The van der Waals surface area contributed by atoms with E-state index >= 15 is 0 Å². The molecule has 0 aromatic carbocycles. The van der Waals surface area contributed by atoms with Crippen molar-refractivity contribution >= 4 is 11.7 Å². The summed E-state index contributed by atoms with van der Waals surface area (Å²) in [5.74, 6) is 0.486.